The quantitative estimate of drug-likeness (QED) is 0.684. The van der Waals surface area contributed by atoms with Crippen molar-refractivity contribution in [3.8, 4) is 0 Å². The van der Waals surface area contributed by atoms with E-state index in [1.807, 2.05) is 0 Å². The predicted molar refractivity (Wildman–Crippen MR) is 50.9 cm³/mol. The van der Waals surface area contributed by atoms with E-state index in [2.05, 4.69) is 0 Å². The molecule has 7 aliphatic rings. The van der Waals surface area contributed by atoms with Gasteiger partial charge in [0.25, 0.3) is 5.92 Å². The molecule has 0 aromatic carbocycles. The number of halogens is 2. The van der Waals surface area contributed by atoms with Gasteiger partial charge in [0.05, 0.1) is 6.61 Å². The molecule has 8 atom stereocenters. The largest absolute Gasteiger partial charge is 0.465 e. The van der Waals surface area contributed by atoms with Crippen LogP contribution in [-0.2, 0) is 9.53 Å². The molecule has 7 rings (SSSR count). The summed E-state index contributed by atoms with van der Waals surface area (Å²) in [6.45, 7) is 1.64. The van der Waals surface area contributed by atoms with Gasteiger partial charge in [-0.15, -0.1) is 0 Å². The van der Waals surface area contributed by atoms with Gasteiger partial charge in [0.15, 0.2) is 0 Å². The minimum atomic E-state index is -2.46. The normalized spacial score (nSPS) is 75.6. The molecular weight excluding hydrogens is 226 g/mol. The van der Waals surface area contributed by atoms with E-state index >= 15 is 0 Å². The van der Waals surface area contributed by atoms with Crippen molar-refractivity contribution < 1.29 is 18.3 Å². The van der Waals surface area contributed by atoms with E-state index in [1.54, 1.807) is 0 Å². The molecule has 0 unspecified atom stereocenters. The van der Waals surface area contributed by atoms with Gasteiger partial charge in [-0.2, -0.15) is 0 Å². The molecule has 0 saturated heterocycles. The van der Waals surface area contributed by atoms with Crippen molar-refractivity contribution in [3.63, 3.8) is 0 Å². The van der Waals surface area contributed by atoms with E-state index in [0.717, 1.165) is 6.42 Å². The molecule has 90 valence electrons. The molecule has 17 heavy (non-hydrogen) atoms. The number of alkyl halides is 2. The minimum Gasteiger partial charge on any atom is -0.465 e. The van der Waals surface area contributed by atoms with Crippen molar-refractivity contribution in [2.45, 2.75) is 19.3 Å². The average Bonchev–Trinajstić information content (AvgIpc) is 2.71. The highest BCUT2D eigenvalue weighted by molar-refractivity contribution is 5.68. The summed E-state index contributed by atoms with van der Waals surface area (Å²) in [7, 11) is 0. The van der Waals surface area contributed by atoms with Crippen LogP contribution in [0.4, 0.5) is 8.78 Å². The van der Waals surface area contributed by atoms with Crippen molar-refractivity contribution in [2.24, 2.45) is 45.8 Å². The molecule has 0 aliphatic heterocycles. The fourth-order valence-electron chi connectivity index (χ4n) is 8.19. The Morgan fingerprint density at radius 1 is 1.29 bits per heavy atom. The van der Waals surface area contributed by atoms with Crippen LogP contribution >= 0.6 is 0 Å². The van der Waals surface area contributed by atoms with Gasteiger partial charge in [-0.25, -0.2) is 8.78 Å². The highest BCUT2D eigenvalue weighted by atomic mass is 19.3. The predicted octanol–water partition coefficient (Wildman–Crippen LogP) is 1.70. The summed E-state index contributed by atoms with van der Waals surface area (Å²) in [4.78, 5) is 11.0. The number of hydrogen-bond acceptors (Lipinski definition) is 2. The summed E-state index contributed by atoms with van der Waals surface area (Å²) < 4.78 is 33.7. The molecule has 0 aromatic rings. The van der Waals surface area contributed by atoms with Gasteiger partial charge in [-0.05, 0) is 35.0 Å². The van der Waals surface area contributed by atoms with E-state index in [4.69, 9.17) is 4.74 Å². The number of ether oxygens (including phenoxy) is 1. The van der Waals surface area contributed by atoms with E-state index < -0.39 is 11.8 Å². The maximum Gasteiger partial charge on any atom is 0.302 e. The van der Waals surface area contributed by atoms with Crippen molar-refractivity contribution in [3.05, 3.63) is 0 Å². The van der Waals surface area contributed by atoms with E-state index in [1.165, 1.54) is 6.92 Å². The van der Waals surface area contributed by atoms with Crippen molar-refractivity contribution in [1.82, 2.24) is 0 Å². The Morgan fingerprint density at radius 3 is 2.76 bits per heavy atom. The Morgan fingerprint density at radius 2 is 2.06 bits per heavy atom. The van der Waals surface area contributed by atoms with Gasteiger partial charge in [0, 0.05) is 24.2 Å². The third-order valence-electron chi connectivity index (χ3n) is 7.79. The molecule has 7 aliphatic carbocycles. The van der Waals surface area contributed by atoms with Crippen LogP contribution in [0.5, 0.6) is 0 Å². The third kappa shape index (κ3) is 0.374. The summed E-state index contributed by atoms with van der Waals surface area (Å²) in [5.41, 5.74) is -0.0289. The lowest BCUT2D eigenvalue weighted by atomic mass is 9.14. The Bertz CT molecular complexity index is 544. The first-order valence-electron chi connectivity index (χ1n) is 6.49. The lowest BCUT2D eigenvalue weighted by Crippen LogP contribution is -2.88. The van der Waals surface area contributed by atoms with Gasteiger partial charge in [-0.1, -0.05) is 0 Å². The summed E-state index contributed by atoms with van der Waals surface area (Å²) in [6, 6.07) is 0. The van der Waals surface area contributed by atoms with Crippen molar-refractivity contribution in [1.29, 1.82) is 0 Å². The van der Waals surface area contributed by atoms with Crippen LogP contribution in [0.25, 0.3) is 0 Å². The van der Waals surface area contributed by atoms with Crippen molar-refractivity contribution in [2.75, 3.05) is 6.61 Å². The second-order valence-electron chi connectivity index (χ2n) is 7.22. The van der Waals surface area contributed by atoms with Gasteiger partial charge in [0.2, 0.25) is 0 Å². The summed E-state index contributed by atoms with van der Waals surface area (Å²) in [5, 5.41) is 0. The fourth-order valence-corrected chi connectivity index (χ4v) is 8.19. The first-order valence-corrected chi connectivity index (χ1v) is 6.49. The zero-order valence-electron chi connectivity index (χ0n) is 9.37. The van der Waals surface area contributed by atoms with Crippen LogP contribution < -0.4 is 0 Å². The first-order chi connectivity index (χ1) is 7.98. The molecule has 0 radical (unpaired) electrons. The Balaban J connectivity index is 1.50. The molecule has 0 amide bonds. The Hall–Kier alpha value is -0.670. The number of rotatable bonds is 2. The number of carbonyl (C=O) groups is 1. The smallest absolute Gasteiger partial charge is 0.302 e. The van der Waals surface area contributed by atoms with Gasteiger partial charge >= 0.3 is 5.97 Å². The van der Waals surface area contributed by atoms with Gasteiger partial charge in [0.1, 0.15) is 0 Å². The highest BCUT2D eigenvalue weighted by Crippen LogP contribution is 3.20. The number of carbonyl (C=O) groups excluding carboxylic acids is 1. The van der Waals surface area contributed by atoms with Crippen LogP contribution in [-0.4, -0.2) is 18.5 Å². The maximum atomic E-state index is 14.3. The number of esters is 1. The average molecular weight is 238 g/mol. The van der Waals surface area contributed by atoms with Crippen LogP contribution in [0, 0.1) is 45.8 Å². The Labute approximate surface area is 96.7 Å². The number of hydrogen-bond donors (Lipinski definition) is 0. The summed E-state index contributed by atoms with van der Waals surface area (Å²) >= 11 is 0. The van der Waals surface area contributed by atoms with Crippen LogP contribution in [0.15, 0.2) is 0 Å². The zero-order valence-corrected chi connectivity index (χ0v) is 9.37. The topological polar surface area (TPSA) is 26.3 Å². The van der Waals surface area contributed by atoms with E-state index in [9.17, 15) is 13.6 Å². The molecule has 0 heterocycles. The molecule has 4 heteroatoms. The molecule has 2 spiro atoms. The molecule has 7 fully saturated rings. The summed E-state index contributed by atoms with van der Waals surface area (Å²) in [6.07, 6.45) is 1.02. The Kier molecular flexibility index (Phi) is 0.795. The van der Waals surface area contributed by atoms with E-state index in [-0.39, 0.29) is 40.7 Å². The molecular formula is C13H12F2O2. The van der Waals surface area contributed by atoms with Gasteiger partial charge in [-0.3, -0.25) is 4.79 Å². The lowest BCUT2D eigenvalue weighted by Gasteiger charge is -2.88. The minimum absolute atomic E-state index is 0.0285. The maximum absolute atomic E-state index is 14.3. The first kappa shape index (κ1) is 8.44. The fraction of sp³-hybridized carbons (Fsp3) is 0.923. The highest BCUT2D eigenvalue weighted by Gasteiger charge is 3.21. The SMILES string of the molecule is CC(=O)OC[C@]12[C@@H]3[C@H]4[C@@H]5[C@@H]3[C@@]13C[C@]53[C@H]2C4(F)F. The van der Waals surface area contributed by atoms with Crippen LogP contribution in [0.3, 0.4) is 0 Å². The molecule has 0 N–H and O–H groups in total. The molecule has 7 saturated carbocycles. The third-order valence-corrected chi connectivity index (χ3v) is 7.79. The second kappa shape index (κ2) is 1.60. The second-order valence-corrected chi connectivity index (χ2v) is 7.22. The van der Waals surface area contributed by atoms with Gasteiger partial charge < -0.3 is 4.74 Å². The molecule has 2 bridgehead atoms. The molecule has 2 nitrogen and oxygen atoms in total. The lowest BCUT2D eigenvalue weighted by molar-refractivity contribution is -0.444. The molecule has 0 aromatic heterocycles. The van der Waals surface area contributed by atoms with Crippen LogP contribution in [0.1, 0.15) is 13.3 Å². The van der Waals surface area contributed by atoms with E-state index in [0.29, 0.717) is 11.8 Å². The van der Waals surface area contributed by atoms with Crippen LogP contribution in [0.2, 0.25) is 0 Å². The standard InChI is InChI=1S/C13H12F2O2/c1-4(16)17-3-11-6-7-5-8(6)13(14,15)9(11)10(5)2-12(7,10)11/h5-9H,2-3H2,1H3/t5-,6-,7-,8+,9+,10+,11+,12+/m0/s1. The summed E-state index contributed by atoms with van der Waals surface area (Å²) in [5.74, 6) is -2.43. The zero-order chi connectivity index (χ0) is 11.6. The monoisotopic (exact) mass is 238 g/mol. The van der Waals surface area contributed by atoms with Crippen molar-refractivity contribution >= 4 is 5.97 Å².